The number of nitrogens with zero attached hydrogens (tertiary/aromatic N) is 1. The number of aliphatic hydroxyl groups excluding tert-OH is 1. The Balaban J connectivity index is 4.23. The van der Waals surface area contributed by atoms with Gasteiger partial charge in [0.15, 0.2) is 0 Å². The maximum absolute atomic E-state index is 12.9. The molecule has 0 aromatic carbocycles. The molecule has 0 bridgehead atoms. The van der Waals surface area contributed by atoms with Crippen LogP contribution in [0.15, 0.2) is 48.6 Å². The number of rotatable bonds is 52. The number of phosphoric ester groups is 1. The molecule has 0 saturated carbocycles. The number of unbranched alkanes of at least 4 members (excludes halogenated alkanes) is 33. The third-order valence-electron chi connectivity index (χ3n) is 12.8. The average Bonchev–Trinajstić information content (AvgIpc) is 3.29. The number of phosphoric acid groups is 1. The largest absolute Gasteiger partial charge is 0.472 e. The van der Waals surface area contributed by atoms with Gasteiger partial charge in [-0.3, -0.25) is 13.8 Å². The Hall–Kier alpha value is -1.54. The molecule has 8 nitrogen and oxygen atoms in total. The summed E-state index contributed by atoms with van der Waals surface area (Å²) in [5, 5.41) is 13.9. The summed E-state index contributed by atoms with van der Waals surface area (Å²) in [4.78, 5) is 23.2. The first kappa shape index (κ1) is 65.5. The number of aliphatic hydroxyl groups is 1. The second-order valence-corrected chi connectivity index (χ2v) is 22.1. The first-order valence-corrected chi connectivity index (χ1v) is 30.0. The fraction of sp³-hybridized carbons (Fsp3) is 0.845. The Bertz CT molecular complexity index is 1230. The van der Waals surface area contributed by atoms with E-state index in [-0.39, 0.29) is 19.1 Å². The molecule has 9 heteroatoms. The minimum Gasteiger partial charge on any atom is -0.387 e. The lowest BCUT2D eigenvalue weighted by atomic mass is 10.0. The molecular weight excluding hydrogens is 852 g/mol. The maximum atomic E-state index is 12.9. The molecule has 394 valence electrons. The van der Waals surface area contributed by atoms with Crippen LogP contribution >= 0.6 is 7.82 Å². The molecule has 1 amide bonds. The Morgan fingerprint density at radius 2 is 0.866 bits per heavy atom. The minimum absolute atomic E-state index is 0.0537. The van der Waals surface area contributed by atoms with E-state index in [1.165, 1.54) is 193 Å². The fourth-order valence-electron chi connectivity index (χ4n) is 8.27. The highest BCUT2D eigenvalue weighted by molar-refractivity contribution is 7.47. The normalized spacial score (nSPS) is 14.3. The van der Waals surface area contributed by atoms with Gasteiger partial charge in [-0.2, -0.15) is 0 Å². The number of hydrogen-bond donors (Lipinski definition) is 3. The van der Waals surface area contributed by atoms with Crippen molar-refractivity contribution in [3.05, 3.63) is 48.6 Å². The van der Waals surface area contributed by atoms with Crippen molar-refractivity contribution >= 4 is 13.7 Å². The zero-order valence-electron chi connectivity index (χ0n) is 44.9. The van der Waals surface area contributed by atoms with E-state index in [4.69, 9.17) is 9.05 Å². The van der Waals surface area contributed by atoms with Crippen molar-refractivity contribution in [3.8, 4) is 0 Å². The SMILES string of the molecule is CCCCC/C=C\C/C=C\CCCCCCCCCC(=O)NC(COP(=O)(O)OCC[N+](C)(C)C)C(O)/C=C/CC/C=C/CCCCCCCCCCCCCCCCCCCCCCCC. The second kappa shape index (κ2) is 49.4. The highest BCUT2D eigenvalue weighted by Gasteiger charge is 2.27. The van der Waals surface area contributed by atoms with Gasteiger partial charge in [-0.1, -0.05) is 242 Å². The summed E-state index contributed by atoms with van der Waals surface area (Å²) >= 11 is 0. The molecule has 0 aromatic rings. The van der Waals surface area contributed by atoms with Gasteiger partial charge in [0.1, 0.15) is 13.2 Å². The smallest absolute Gasteiger partial charge is 0.387 e. The Morgan fingerprint density at radius 3 is 1.31 bits per heavy atom. The van der Waals surface area contributed by atoms with Crippen LogP contribution in [0.5, 0.6) is 0 Å². The van der Waals surface area contributed by atoms with E-state index in [0.29, 0.717) is 17.4 Å². The highest BCUT2D eigenvalue weighted by atomic mass is 31.2. The topological polar surface area (TPSA) is 105 Å². The van der Waals surface area contributed by atoms with Crippen LogP contribution in [0.25, 0.3) is 0 Å². The third-order valence-corrected chi connectivity index (χ3v) is 13.8. The lowest BCUT2D eigenvalue weighted by Crippen LogP contribution is -2.45. The molecule has 0 radical (unpaired) electrons. The van der Waals surface area contributed by atoms with Gasteiger partial charge in [-0.25, -0.2) is 4.57 Å². The summed E-state index contributed by atoms with van der Waals surface area (Å²) in [6, 6.07) is -0.869. The Morgan fingerprint density at radius 1 is 0.507 bits per heavy atom. The van der Waals surface area contributed by atoms with Gasteiger partial charge in [0.2, 0.25) is 5.91 Å². The summed E-state index contributed by atoms with van der Waals surface area (Å²) in [7, 11) is 1.55. The van der Waals surface area contributed by atoms with E-state index in [2.05, 4.69) is 55.6 Å². The molecule has 0 aromatic heterocycles. The number of likely N-dealkylation sites (N-methyl/N-ethyl adjacent to an activating group) is 1. The fourth-order valence-corrected chi connectivity index (χ4v) is 9.00. The lowest BCUT2D eigenvalue weighted by molar-refractivity contribution is -0.870. The van der Waals surface area contributed by atoms with Gasteiger partial charge in [0, 0.05) is 6.42 Å². The number of amides is 1. The van der Waals surface area contributed by atoms with E-state index in [1.54, 1.807) is 6.08 Å². The maximum Gasteiger partial charge on any atom is 0.472 e. The summed E-state index contributed by atoms with van der Waals surface area (Å²) in [6.07, 6.45) is 65.1. The molecule has 0 saturated heterocycles. The van der Waals surface area contributed by atoms with Gasteiger partial charge >= 0.3 is 7.82 Å². The second-order valence-electron chi connectivity index (χ2n) is 20.7. The third kappa shape index (κ3) is 52.1. The first-order valence-electron chi connectivity index (χ1n) is 28.5. The van der Waals surface area contributed by atoms with Crippen LogP contribution in [0.1, 0.15) is 264 Å². The van der Waals surface area contributed by atoms with Crippen LogP contribution in [0.3, 0.4) is 0 Å². The molecule has 0 rings (SSSR count). The van der Waals surface area contributed by atoms with Crippen molar-refractivity contribution in [3.63, 3.8) is 0 Å². The molecule has 0 spiro atoms. The summed E-state index contributed by atoms with van der Waals surface area (Å²) in [6.45, 7) is 4.78. The van der Waals surface area contributed by atoms with Crippen LogP contribution < -0.4 is 5.32 Å². The monoisotopic (exact) mass is 964 g/mol. The van der Waals surface area contributed by atoms with Gasteiger partial charge in [-0.05, 0) is 64.2 Å². The van der Waals surface area contributed by atoms with Crippen molar-refractivity contribution in [2.24, 2.45) is 0 Å². The molecule has 3 atom stereocenters. The highest BCUT2D eigenvalue weighted by Crippen LogP contribution is 2.43. The number of quaternary nitrogens is 1. The lowest BCUT2D eigenvalue weighted by Gasteiger charge is -2.25. The van der Waals surface area contributed by atoms with Gasteiger partial charge in [0.05, 0.1) is 39.9 Å². The molecular formula is C58H112N2O6P+. The zero-order chi connectivity index (χ0) is 49.2. The molecule has 3 unspecified atom stereocenters. The number of nitrogens with one attached hydrogen (secondary N) is 1. The number of hydrogen-bond acceptors (Lipinski definition) is 5. The van der Waals surface area contributed by atoms with Crippen LogP contribution in [0.2, 0.25) is 0 Å². The van der Waals surface area contributed by atoms with Gasteiger partial charge in [-0.15, -0.1) is 0 Å². The molecule has 0 aliphatic heterocycles. The van der Waals surface area contributed by atoms with Crippen LogP contribution in [0.4, 0.5) is 0 Å². The van der Waals surface area contributed by atoms with Crippen molar-refractivity contribution in [1.82, 2.24) is 5.32 Å². The number of carbonyl (C=O) groups excluding carboxylic acids is 1. The zero-order valence-corrected chi connectivity index (χ0v) is 45.8. The predicted octanol–water partition coefficient (Wildman–Crippen LogP) is 17.2. The Kier molecular flexibility index (Phi) is 48.3. The number of carbonyl (C=O) groups is 1. The van der Waals surface area contributed by atoms with Crippen LogP contribution in [0, 0.1) is 0 Å². The van der Waals surface area contributed by atoms with E-state index >= 15 is 0 Å². The molecule has 0 aliphatic carbocycles. The van der Waals surface area contributed by atoms with E-state index in [1.807, 2.05) is 27.2 Å². The first-order chi connectivity index (χ1) is 32.5. The predicted molar refractivity (Wildman–Crippen MR) is 291 cm³/mol. The minimum atomic E-state index is -4.36. The molecule has 67 heavy (non-hydrogen) atoms. The van der Waals surface area contributed by atoms with E-state index in [9.17, 15) is 19.4 Å². The number of allylic oxidation sites excluding steroid dienone is 7. The van der Waals surface area contributed by atoms with Crippen molar-refractivity contribution in [2.45, 2.75) is 276 Å². The average molecular weight is 965 g/mol. The van der Waals surface area contributed by atoms with Crippen LogP contribution in [-0.2, 0) is 18.4 Å². The van der Waals surface area contributed by atoms with Crippen molar-refractivity contribution in [1.29, 1.82) is 0 Å². The Labute approximate surface area is 416 Å². The molecule has 0 fully saturated rings. The van der Waals surface area contributed by atoms with E-state index < -0.39 is 20.0 Å². The molecule has 0 heterocycles. The van der Waals surface area contributed by atoms with Crippen molar-refractivity contribution in [2.75, 3.05) is 40.9 Å². The van der Waals surface area contributed by atoms with E-state index in [0.717, 1.165) is 51.4 Å². The summed E-state index contributed by atoms with van der Waals surface area (Å²) in [5.74, 6) is -0.194. The molecule has 3 N–H and O–H groups in total. The summed E-state index contributed by atoms with van der Waals surface area (Å²) < 4.78 is 23.7. The van der Waals surface area contributed by atoms with Crippen molar-refractivity contribution < 1.29 is 32.9 Å². The van der Waals surface area contributed by atoms with Gasteiger partial charge < -0.3 is 19.8 Å². The quantitative estimate of drug-likeness (QED) is 0.0243. The van der Waals surface area contributed by atoms with Crippen LogP contribution in [-0.4, -0.2) is 73.4 Å². The van der Waals surface area contributed by atoms with Gasteiger partial charge in [0.25, 0.3) is 0 Å². The summed E-state index contributed by atoms with van der Waals surface area (Å²) in [5.41, 5.74) is 0. The standard InChI is InChI=1S/C58H111N2O6P/c1-6-8-10-12-14-16-18-20-22-24-25-26-27-28-29-30-31-32-33-34-36-37-39-41-43-45-47-49-51-57(61)56(55-66-67(63,64)65-54-53-60(3,4)5)59-58(62)52-50-48-46-44-42-40-38-35-23-21-19-17-15-13-11-9-7-2/h15,17,21,23,41,43,49,51,56-57,61H,6-14,16,18-20,22,24-40,42,44-48,50,52-55H2,1-5H3,(H-,59,62,63,64)/p+1/b17-15-,23-21-,43-41+,51-49+. The molecule has 0 aliphatic rings.